The summed E-state index contributed by atoms with van der Waals surface area (Å²) in [4.78, 5) is 36.1. The van der Waals surface area contributed by atoms with Crippen molar-refractivity contribution in [3.05, 3.63) is 65.2 Å². The number of carbonyl (C=O) groups excluding carboxylic acids is 3. The van der Waals surface area contributed by atoms with Gasteiger partial charge in [-0.1, -0.05) is 11.8 Å². The van der Waals surface area contributed by atoms with Crippen LogP contribution in [0.3, 0.4) is 0 Å². The van der Waals surface area contributed by atoms with Crippen LogP contribution < -0.4 is 21.7 Å². The largest absolute Gasteiger partial charge is 0.388 e. The smallest absolute Gasteiger partial charge is 0.251 e. The number of hydrogen-bond acceptors (Lipinski definition) is 6. The second-order valence-corrected chi connectivity index (χ2v) is 8.59. The monoisotopic (exact) mass is 476 g/mol. The molecule has 6 N–H and O–H groups in total. The minimum absolute atomic E-state index is 0.0250. The highest BCUT2D eigenvalue weighted by atomic mass is 16.3. The number of aliphatic hydroxyl groups is 1. The van der Waals surface area contributed by atoms with E-state index in [9.17, 15) is 14.4 Å². The Bertz CT molecular complexity index is 1070. The average molecular weight is 477 g/mol. The molecular formula is C27H32N4O4. The fourth-order valence-corrected chi connectivity index (χ4v) is 3.84. The lowest BCUT2D eigenvalue weighted by Crippen LogP contribution is -2.46. The highest BCUT2D eigenvalue weighted by Gasteiger charge is 2.19. The predicted molar refractivity (Wildman–Crippen MR) is 135 cm³/mol. The van der Waals surface area contributed by atoms with Crippen LogP contribution in [0.2, 0.25) is 0 Å². The first kappa shape index (κ1) is 26.1. The fourth-order valence-electron chi connectivity index (χ4n) is 3.84. The van der Waals surface area contributed by atoms with Crippen LogP contribution in [0.1, 0.15) is 47.2 Å². The first-order valence-corrected chi connectivity index (χ1v) is 11.9. The van der Waals surface area contributed by atoms with E-state index >= 15 is 0 Å². The minimum Gasteiger partial charge on any atom is -0.388 e. The standard InChI is InChI=1S/C27H32N4O4/c28-16-24(25(33)18-32)31-27(35)22-10-5-19(6-11-22)3-4-20-7-12-23(13-8-20)30-26(34)14-9-21-2-1-15-29-17-21/h5-8,10-13,21,24,29,32H,1-2,9,14-18,28H2,(H,30,34)(H,31,35)/t21?,24-/m0/s1. The normalized spacial score (nSPS) is 15.9. The molecule has 0 bridgehead atoms. The molecule has 1 heterocycles. The third-order valence-corrected chi connectivity index (χ3v) is 5.93. The minimum atomic E-state index is -0.922. The molecule has 0 aromatic heterocycles. The molecule has 8 heteroatoms. The Hall–Kier alpha value is -3.51. The van der Waals surface area contributed by atoms with Crippen LogP contribution in [0.25, 0.3) is 0 Å². The summed E-state index contributed by atoms with van der Waals surface area (Å²) in [6, 6.07) is 13.1. The van der Waals surface area contributed by atoms with E-state index in [1.54, 1.807) is 24.3 Å². The molecule has 3 rings (SSSR count). The lowest BCUT2D eigenvalue weighted by molar-refractivity contribution is -0.123. The SMILES string of the molecule is NC[C@H](NC(=O)c1ccc(C#Cc2ccc(NC(=O)CCC3CCCNC3)cc2)cc1)C(=O)CO. The predicted octanol–water partition coefficient (Wildman–Crippen LogP) is 1.42. The molecule has 2 aromatic carbocycles. The number of rotatable bonds is 9. The van der Waals surface area contributed by atoms with Crippen molar-refractivity contribution in [3.63, 3.8) is 0 Å². The molecule has 35 heavy (non-hydrogen) atoms. The Labute approximate surface area is 205 Å². The van der Waals surface area contributed by atoms with E-state index in [0.717, 1.165) is 36.3 Å². The van der Waals surface area contributed by atoms with Gasteiger partial charge < -0.3 is 26.8 Å². The van der Waals surface area contributed by atoms with Crippen molar-refractivity contribution in [2.75, 3.05) is 31.6 Å². The van der Waals surface area contributed by atoms with Crippen molar-refractivity contribution in [1.29, 1.82) is 0 Å². The maximum atomic E-state index is 12.3. The molecule has 1 aliphatic rings. The van der Waals surface area contributed by atoms with Crippen molar-refractivity contribution in [2.45, 2.75) is 31.7 Å². The van der Waals surface area contributed by atoms with Crippen molar-refractivity contribution in [3.8, 4) is 11.8 Å². The summed E-state index contributed by atoms with van der Waals surface area (Å²) >= 11 is 0. The average Bonchev–Trinajstić information content (AvgIpc) is 2.90. The molecule has 0 spiro atoms. The molecule has 184 valence electrons. The number of ketones is 1. The summed E-state index contributed by atoms with van der Waals surface area (Å²) in [5.41, 5.74) is 8.10. The Morgan fingerprint density at radius 3 is 2.29 bits per heavy atom. The van der Waals surface area contributed by atoms with Crippen LogP contribution in [0, 0.1) is 17.8 Å². The number of aliphatic hydroxyl groups excluding tert-OH is 1. The van der Waals surface area contributed by atoms with Crippen molar-refractivity contribution >= 4 is 23.3 Å². The van der Waals surface area contributed by atoms with Gasteiger partial charge in [0.15, 0.2) is 5.78 Å². The Morgan fingerprint density at radius 1 is 1.06 bits per heavy atom. The number of benzene rings is 2. The molecule has 2 aromatic rings. The van der Waals surface area contributed by atoms with Crippen LogP contribution in [0.15, 0.2) is 48.5 Å². The summed E-state index contributed by atoms with van der Waals surface area (Å²) in [7, 11) is 0. The molecule has 0 saturated carbocycles. The van der Waals surface area contributed by atoms with Crippen molar-refractivity contribution in [2.24, 2.45) is 11.7 Å². The zero-order valence-electron chi connectivity index (χ0n) is 19.7. The second-order valence-electron chi connectivity index (χ2n) is 8.59. The van der Waals surface area contributed by atoms with E-state index in [4.69, 9.17) is 10.8 Å². The van der Waals surface area contributed by atoms with Gasteiger partial charge in [-0.25, -0.2) is 0 Å². The van der Waals surface area contributed by atoms with Gasteiger partial charge in [-0.3, -0.25) is 14.4 Å². The van der Waals surface area contributed by atoms with Gasteiger partial charge in [-0.2, -0.15) is 0 Å². The molecule has 0 radical (unpaired) electrons. The quantitative estimate of drug-likeness (QED) is 0.348. The maximum absolute atomic E-state index is 12.3. The third-order valence-electron chi connectivity index (χ3n) is 5.93. The molecule has 0 aliphatic carbocycles. The number of nitrogens with two attached hydrogens (primary N) is 1. The number of anilines is 1. The first-order valence-electron chi connectivity index (χ1n) is 11.9. The molecule has 2 atom stereocenters. The van der Waals surface area contributed by atoms with Crippen LogP contribution in [0.4, 0.5) is 5.69 Å². The van der Waals surface area contributed by atoms with Crippen LogP contribution in [-0.4, -0.2) is 55.0 Å². The number of hydrogen-bond donors (Lipinski definition) is 5. The summed E-state index contributed by atoms with van der Waals surface area (Å²) in [6.07, 6.45) is 3.78. The van der Waals surface area contributed by atoms with Gasteiger partial charge in [0, 0.05) is 35.3 Å². The van der Waals surface area contributed by atoms with Crippen molar-refractivity contribution in [1.82, 2.24) is 10.6 Å². The van der Waals surface area contributed by atoms with Gasteiger partial charge >= 0.3 is 0 Å². The summed E-state index contributed by atoms with van der Waals surface area (Å²) < 4.78 is 0. The van der Waals surface area contributed by atoms with Crippen LogP contribution in [0.5, 0.6) is 0 Å². The lowest BCUT2D eigenvalue weighted by Gasteiger charge is -2.22. The van der Waals surface area contributed by atoms with Crippen LogP contribution in [-0.2, 0) is 9.59 Å². The Balaban J connectivity index is 1.50. The van der Waals surface area contributed by atoms with Gasteiger partial charge in [0.2, 0.25) is 5.91 Å². The molecule has 2 amide bonds. The second kappa shape index (κ2) is 13.4. The number of amides is 2. The van der Waals surface area contributed by atoms with Gasteiger partial charge in [-0.05, 0) is 86.8 Å². The zero-order chi connectivity index (χ0) is 25.0. The number of nitrogens with one attached hydrogen (secondary N) is 3. The Morgan fingerprint density at radius 2 is 1.71 bits per heavy atom. The molecular weight excluding hydrogens is 444 g/mol. The molecule has 8 nitrogen and oxygen atoms in total. The lowest BCUT2D eigenvalue weighted by atomic mass is 9.94. The van der Waals surface area contributed by atoms with Gasteiger partial charge in [0.25, 0.3) is 5.91 Å². The highest BCUT2D eigenvalue weighted by Crippen LogP contribution is 2.17. The summed E-state index contributed by atoms with van der Waals surface area (Å²) in [6.45, 7) is 1.31. The zero-order valence-corrected chi connectivity index (χ0v) is 19.7. The number of piperidine rings is 1. The molecule has 1 fully saturated rings. The number of carbonyl (C=O) groups is 3. The van der Waals surface area contributed by atoms with E-state index in [1.807, 2.05) is 24.3 Å². The van der Waals surface area contributed by atoms with Gasteiger partial charge in [-0.15, -0.1) is 0 Å². The topological polar surface area (TPSA) is 134 Å². The molecule has 1 unspecified atom stereocenters. The summed E-state index contributed by atoms with van der Waals surface area (Å²) in [5, 5.41) is 17.8. The van der Waals surface area contributed by atoms with E-state index in [0.29, 0.717) is 17.9 Å². The highest BCUT2D eigenvalue weighted by molar-refractivity contribution is 5.98. The van der Waals surface area contributed by atoms with Crippen molar-refractivity contribution < 1.29 is 19.5 Å². The fraction of sp³-hybridized carbons (Fsp3) is 0.370. The van der Waals surface area contributed by atoms with E-state index in [-0.39, 0.29) is 12.5 Å². The third kappa shape index (κ3) is 8.34. The summed E-state index contributed by atoms with van der Waals surface area (Å²) in [5.74, 6) is 5.72. The van der Waals surface area contributed by atoms with E-state index in [2.05, 4.69) is 27.8 Å². The first-order chi connectivity index (χ1) is 17.0. The van der Waals surface area contributed by atoms with E-state index < -0.39 is 24.3 Å². The van der Waals surface area contributed by atoms with Gasteiger partial charge in [0.05, 0.1) is 0 Å². The number of Topliss-reactive ketones (excluding diaryl/α,β-unsaturated/α-hetero) is 1. The van der Waals surface area contributed by atoms with E-state index in [1.165, 1.54) is 12.8 Å². The Kier molecular flexibility index (Phi) is 9.99. The molecule has 1 saturated heterocycles. The molecule has 1 aliphatic heterocycles. The van der Waals surface area contributed by atoms with Gasteiger partial charge in [0.1, 0.15) is 12.6 Å². The maximum Gasteiger partial charge on any atom is 0.251 e. The van der Waals surface area contributed by atoms with Crippen LogP contribution >= 0.6 is 0 Å².